The molecule has 5 nitrogen and oxygen atoms in total. The molecule has 0 aromatic heterocycles. The van der Waals surface area contributed by atoms with E-state index in [4.69, 9.17) is 16.3 Å². The smallest absolute Gasteiger partial charge is 0.244 e. The van der Waals surface area contributed by atoms with E-state index in [-0.39, 0.29) is 9.92 Å². The molecule has 0 saturated carbocycles. The Kier molecular flexibility index (Phi) is 6.19. The number of nitrogens with zero attached hydrogens (tertiary/aromatic N) is 1. The zero-order chi connectivity index (χ0) is 18.6. The van der Waals surface area contributed by atoms with Crippen LogP contribution in [0.3, 0.4) is 0 Å². The largest absolute Gasteiger partial charge is 0.488 e. The van der Waals surface area contributed by atoms with Gasteiger partial charge in [0.15, 0.2) is 0 Å². The van der Waals surface area contributed by atoms with Crippen molar-refractivity contribution in [1.82, 2.24) is 4.31 Å². The van der Waals surface area contributed by atoms with E-state index in [0.29, 0.717) is 19.7 Å². The van der Waals surface area contributed by atoms with Gasteiger partial charge < -0.3 is 9.64 Å². The summed E-state index contributed by atoms with van der Waals surface area (Å²) in [7, 11) is -3.53. The number of nitrogens with one attached hydrogen (secondary N) is 1. The minimum absolute atomic E-state index is 0.188. The quantitative estimate of drug-likeness (QED) is 0.808. The highest BCUT2D eigenvalue weighted by Crippen LogP contribution is 2.24. The van der Waals surface area contributed by atoms with Crippen molar-refractivity contribution in [3.05, 3.63) is 59.1 Å². The average molecular weight is 396 g/mol. The van der Waals surface area contributed by atoms with E-state index in [0.717, 1.165) is 25.4 Å². The van der Waals surface area contributed by atoms with Crippen LogP contribution in [0.5, 0.6) is 5.75 Å². The first-order valence-corrected chi connectivity index (χ1v) is 10.6. The van der Waals surface area contributed by atoms with E-state index in [1.165, 1.54) is 14.8 Å². The van der Waals surface area contributed by atoms with Crippen molar-refractivity contribution in [2.24, 2.45) is 0 Å². The molecule has 1 saturated heterocycles. The fourth-order valence-corrected chi connectivity index (χ4v) is 5.04. The lowest BCUT2D eigenvalue weighted by atomic mass is 10.2. The lowest BCUT2D eigenvalue weighted by Crippen LogP contribution is -3.15. The van der Waals surface area contributed by atoms with Crippen LogP contribution < -0.4 is 9.64 Å². The standard InChI is InChI=1S/C19H23ClN2O3S/c1-16-5-4-6-17(15-16)25-14-13-21-9-11-22(12-10-21)26(23,24)19-8-3-2-7-18(19)20/h2-8,15H,9-14H2,1H3/p+1. The molecular weight excluding hydrogens is 372 g/mol. The van der Waals surface area contributed by atoms with Gasteiger partial charge in [-0.1, -0.05) is 35.9 Å². The summed E-state index contributed by atoms with van der Waals surface area (Å²) in [5.41, 5.74) is 1.17. The van der Waals surface area contributed by atoms with Crippen molar-refractivity contribution < 1.29 is 18.1 Å². The van der Waals surface area contributed by atoms with Gasteiger partial charge in [-0.25, -0.2) is 8.42 Å². The van der Waals surface area contributed by atoms with Crippen molar-refractivity contribution >= 4 is 21.6 Å². The molecule has 0 radical (unpaired) electrons. The van der Waals surface area contributed by atoms with Crippen molar-refractivity contribution in [1.29, 1.82) is 0 Å². The molecular formula is C19H24ClN2O3S+. The summed E-state index contributed by atoms with van der Waals surface area (Å²) in [4.78, 5) is 1.54. The molecule has 26 heavy (non-hydrogen) atoms. The number of piperazine rings is 1. The second-order valence-electron chi connectivity index (χ2n) is 6.50. The molecule has 0 amide bonds. The summed E-state index contributed by atoms with van der Waals surface area (Å²) in [6.45, 7) is 6.03. The molecule has 1 aliphatic rings. The van der Waals surface area contributed by atoms with Crippen LogP contribution in [0, 0.1) is 6.92 Å². The highest BCUT2D eigenvalue weighted by Gasteiger charge is 2.31. The van der Waals surface area contributed by atoms with Gasteiger partial charge in [0, 0.05) is 0 Å². The number of hydrogen-bond acceptors (Lipinski definition) is 3. The fourth-order valence-electron chi connectivity index (χ4n) is 3.10. The van der Waals surface area contributed by atoms with Gasteiger partial charge in [-0.2, -0.15) is 4.31 Å². The average Bonchev–Trinajstić information content (AvgIpc) is 2.62. The Bertz CT molecular complexity index is 849. The third-order valence-electron chi connectivity index (χ3n) is 4.60. The molecule has 1 N–H and O–H groups in total. The van der Waals surface area contributed by atoms with Crippen LogP contribution in [-0.4, -0.2) is 52.1 Å². The first kappa shape index (κ1) is 19.2. The van der Waals surface area contributed by atoms with Crippen LogP contribution in [0.15, 0.2) is 53.4 Å². The third kappa shape index (κ3) is 4.57. The molecule has 1 aliphatic heterocycles. The predicted octanol–water partition coefficient (Wildman–Crippen LogP) is 1.62. The number of hydrogen-bond donors (Lipinski definition) is 1. The molecule has 0 unspecified atom stereocenters. The van der Waals surface area contributed by atoms with Gasteiger partial charge in [-0.3, -0.25) is 0 Å². The van der Waals surface area contributed by atoms with Gasteiger partial charge in [0.05, 0.1) is 31.2 Å². The summed E-state index contributed by atoms with van der Waals surface area (Å²) in [5.74, 6) is 0.879. The second-order valence-corrected chi connectivity index (χ2v) is 8.81. The monoisotopic (exact) mass is 395 g/mol. The topological polar surface area (TPSA) is 51.1 Å². The van der Waals surface area contributed by atoms with Gasteiger partial charge >= 0.3 is 0 Å². The number of benzene rings is 2. The van der Waals surface area contributed by atoms with E-state index in [1.807, 2.05) is 31.2 Å². The maximum absolute atomic E-state index is 12.8. The van der Waals surface area contributed by atoms with Gasteiger partial charge in [0.25, 0.3) is 0 Å². The first-order valence-electron chi connectivity index (χ1n) is 8.74. The molecule has 2 aromatic carbocycles. The maximum Gasteiger partial charge on any atom is 0.244 e. The summed E-state index contributed by atoms with van der Waals surface area (Å²) in [6, 6.07) is 14.6. The normalized spacial score (nSPS) is 16.5. The molecule has 0 atom stereocenters. The highest BCUT2D eigenvalue weighted by molar-refractivity contribution is 7.89. The summed E-state index contributed by atoms with van der Waals surface area (Å²) >= 11 is 6.07. The van der Waals surface area contributed by atoms with E-state index in [9.17, 15) is 8.42 Å². The van der Waals surface area contributed by atoms with Crippen molar-refractivity contribution in [2.75, 3.05) is 39.3 Å². The Morgan fingerprint density at radius 2 is 1.85 bits per heavy atom. The predicted molar refractivity (Wildman–Crippen MR) is 102 cm³/mol. The Balaban J connectivity index is 1.50. The van der Waals surface area contributed by atoms with Crippen LogP contribution in [-0.2, 0) is 10.0 Å². The van der Waals surface area contributed by atoms with Gasteiger partial charge in [0.2, 0.25) is 10.0 Å². The lowest BCUT2D eigenvalue weighted by Gasteiger charge is -2.31. The summed E-state index contributed by atoms with van der Waals surface area (Å²) in [6.07, 6.45) is 0. The number of rotatable bonds is 6. The van der Waals surface area contributed by atoms with Gasteiger partial charge in [-0.05, 0) is 36.8 Å². The van der Waals surface area contributed by atoms with Gasteiger partial charge in [0.1, 0.15) is 23.8 Å². The van der Waals surface area contributed by atoms with Crippen LogP contribution in [0.2, 0.25) is 5.02 Å². The fraction of sp³-hybridized carbons (Fsp3) is 0.368. The van der Waals surface area contributed by atoms with E-state index in [1.54, 1.807) is 24.3 Å². The van der Waals surface area contributed by atoms with Crippen molar-refractivity contribution in [2.45, 2.75) is 11.8 Å². The summed E-state index contributed by atoms with van der Waals surface area (Å²) < 4.78 is 32.8. The second kappa shape index (κ2) is 8.39. The first-order chi connectivity index (χ1) is 12.5. The minimum Gasteiger partial charge on any atom is -0.488 e. The molecule has 7 heteroatoms. The number of halogens is 1. The molecule has 0 bridgehead atoms. The Morgan fingerprint density at radius 1 is 1.12 bits per heavy atom. The molecule has 3 rings (SSSR count). The van der Waals surface area contributed by atoms with E-state index in [2.05, 4.69) is 0 Å². The van der Waals surface area contributed by atoms with Crippen LogP contribution in [0.4, 0.5) is 0 Å². The van der Waals surface area contributed by atoms with Crippen molar-refractivity contribution in [3.63, 3.8) is 0 Å². The van der Waals surface area contributed by atoms with Crippen LogP contribution >= 0.6 is 11.6 Å². The molecule has 1 heterocycles. The SMILES string of the molecule is Cc1cccc(OCC[NH+]2CCN(S(=O)(=O)c3ccccc3Cl)CC2)c1. The number of aryl methyl sites for hydroxylation is 1. The molecule has 2 aromatic rings. The van der Waals surface area contributed by atoms with E-state index < -0.39 is 10.0 Å². The molecule has 0 spiro atoms. The maximum atomic E-state index is 12.8. The molecule has 0 aliphatic carbocycles. The Labute approximate surface area is 160 Å². The molecule has 140 valence electrons. The van der Waals surface area contributed by atoms with Gasteiger partial charge in [-0.15, -0.1) is 0 Å². The number of sulfonamides is 1. The number of quaternary nitrogens is 1. The summed E-state index contributed by atoms with van der Waals surface area (Å²) in [5, 5.41) is 0.272. The van der Waals surface area contributed by atoms with E-state index >= 15 is 0 Å². The third-order valence-corrected chi connectivity index (χ3v) is 7.00. The lowest BCUT2D eigenvalue weighted by molar-refractivity contribution is -0.903. The number of ether oxygens (including phenoxy) is 1. The Hall–Kier alpha value is -1.60. The Morgan fingerprint density at radius 3 is 2.54 bits per heavy atom. The van der Waals surface area contributed by atoms with Crippen LogP contribution in [0.1, 0.15) is 5.56 Å². The molecule has 1 fully saturated rings. The zero-order valence-electron chi connectivity index (χ0n) is 14.8. The minimum atomic E-state index is -3.53. The highest BCUT2D eigenvalue weighted by atomic mass is 35.5. The van der Waals surface area contributed by atoms with Crippen molar-refractivity contribution in [3.8, 4) is 5.75 Å². The van der Waals surface area contributed by atoms with Crippen LogP contribution in [0.25, 0.3) is 0 Å². The zero-order valence-corrected chi connectivity index (χ0v) is 16.4.